The van der Waals surface area contributed by atoms with Crippen LogP contribution in [0, 0.1) is 6.92 Å². The Morgan fingerprint density at radius 3 is 2.77 bits per heavy atom. The average molecular weight is 406 g/mol. The van der Waals surface area contributed by atoms with Crippen LogP contribution in [0.25, 0.3) is 16.9 Å². The number of nitrogens with zero attached hydrogens (tertiary/aromatic N) is 2. The van der Waals surface area contributed by atoms with Gasteiger partial charge in [0.2, 0.25) is 0 Å². The largest absolute Gasteiger partial charge is 0.322 e. The number of nitrogens with one attached hydrogen (secondary N) is 1. The van der Waals surface area contributed by atoms with E-state index in [2.05, 4.69) is 26.2 Å². The summed E-state index contributed by atoms with van der Waals surface area (Å²) in [7, 11) is 0. The first-order valence-corrected chi connectivity index (χ1v) is 9.01. The summed E-state index contributed by atoms with van der Waals surface area (Å²) in [4.78, 5) is 17.2. The number of pyridine rings is 1. The van der Waals surface area contributed by atoms with Crippen molar-refractivity contribution in [1.82, 2.24) is 9.38 Å². The maximum atomic E-state index is 12.6. The van der Waals surface area contributed by atoms with Crippen molar-refractivity contribution in [1.29, 1.82) is 0 Å². The summed E-state index contributed by atoms with van der Waals surface area (Å²) in [5.41, 5.74) is 5.11. The van der Waals surface area contributed by atoms with E-state index >= 15 is 0 Å². The van der Waals surface area contributed by atoms with Crippen LogP contribution >= 0.6 is 15.9 Å². The predicted molar refractivity (Wildman–Crippen MR) is 107 cm³/mol. The fraction of sp³-hybridized carbons (Fsp3) is 0.0476. The predicted octanol–water partition coefficient (Wildman–Crippen LogP) is 5.32. The van der Waals surface area contributed by atoms with Crippen molar-refractivity contribution >= 4 is 33.2 Å². The number of amides is 1. The molecule has 128 valence electrons. The zero-order valence-corrected chi connectivity index (χ0v) is 15.7. The third-order valence-corrected chi connectivity index (χ3v) is 4.73. The zero-order chi connectivity index (χ0) is 18.1. The van der Waals surface area contributed by atoms with Gasteiger partial charge in [-0.15, -0.1) is 0 Å². The van der Waals surface area contributed by atoms with E-state index in [1.54, 1.807) is 12.1 Å². The van der Waals surface area contributed by atoms with Gasteiger partial charge in [-0.1, -0.05) is 40.2 Å². The Kier molecular flexibility index (Phi) is 4.31. The Morgan fingerprint density at radius 1 is 1.08 bits per heavy atom. The number of hydrogen-bond donors (Lipinski definition) is 1. The molecule has 0 spiro atoms. The Balaban J connectivity index is 1.67. The zero-order valence-electron chi connectivity index (χ0n) is 14.1. The molecule has 1 amide bonds. The van der Waals surface area contributed by atoms with E-state index in [1.807, 2.05) is 72.2 Å². The van der Waals surface area contributed by atoms with E-state index in [9.17, 15) is 4.79 Å². The van der Waals surface area contributed by atoms with E-state index in [0.717, 1.165) is 32.6 Å². The molecule has 4 rings (SSSR count). The second-order valence-electron chi connectivity index (χ2n) is 6.09. The number of fused-ring (bicyclic) bond motifs is 1. The maximum Gasteiger partial charge on any atom is 0.255 e. The van der Waals surface area contributed by atoms with Gasteiger partial charge in [0.25, 0.3) is 5.91 Å². The summed E-state index contributed by atoms with van der Waals surface area (Å²) in [6, 6.07) is 19.2. The van der Waals surface area contributed by atoms with E-state index < -0.39 is 0 Å². The fourth-order valence-electron chi connectivity index (χ4n) is 2.81. The average Bonchev–Trinajstić information content (AvgIpc) is 3.07. The van der Waals surface area contributed by atoms with Crippen molar-refractivity contribution < 1.29 is 4.79 Å². The van der Waals surface area contributed by atoms with Crippen molar-refractivity contribution in [3.8, 4) is 11.3 Å². The first-order chi connectivity index (χ1) is 12.6. The number of rotatable bonds is 3. The maximum absolute atomic E-state index is 12.6. The first kappa shape index (κ1) is 16.5. The molecular formula is C21H16BrN3O. The van der Waals surface area contributed by atoms with Gasteiger partial charge in [0.1, 0.15) is 5.65 Å². The molecule has 4 nitrogen and oxygen atoms in total. The number of anilines is 1. The van der Waals surface area contributed by atoms with Gasteiger partial charge in [-0.2, -0.15) is 0 Å². The molecule has 26 heavy (non-hydrogen) atoms. The Hall–Kier alpha value is -2.92. The molecule has 0 radical (unpaired) electrons. The third kappa shape index (κ3) is 3.26. The lowest BCUT2D eigenvalue weighted by molar-refractivity contribution is 0.102. The van der Waals surface area contributed by atoms with Crippen LogP contribution < -0.4 is 5.32 Å². The summed E-state index contributed by atoms with van der Waals surface area (Å²) >= 11 is 3.40. The van der Waals surface area contributed by atoms with E-state index in [1.165, 1.54) is 0 Å². The van der Waals surface area contributed by atoms with Crippen LogP contribution in [0.15, 0.2) is 77.5 Å². The van der Waals surface area contributed by atoms with Crippen LogP contribution in [0.3, 0.4) is 0 Å². The smallest absolute Gasteiger partial charge is 0.255 e. The molecule has 5 heteroatoms. The van der Waals surface area contributed by atoms with Gasteiger partial charge >= 0.3 is 0 Å². The fourth-order valence-corrected chi connectivity index (χ4v) is 3.21. The lowest BCUT2D eigenvalue weighted by Crippen LogP contribution is -2.12. The van der Waals surface area contributed by atoms with E-state index in [-0.39, 0.29) is 5.91 Å². The van der Waals surface area contributed by atoms with Crippen molar-refractivity contribution in [3.63, 3.8) is 0 Å². The Morgan fingerprint density at radius 2 is 1.96 bits per heavy atom. The molecule has 0 atom stereocenters. The van der Waals surface area contributed by atoms with Gasteiger partial charge < -0.3 is 9.72 Å². The third-order valence-electron chi connectivity index (χ3n) is 4.23. The number of carbonyl (C=O) groups is 1. The molecular weight excluding hydrogens is 390 g/mol. The highest BCUT2D eigenvalue weighted by Crippen LogP contribution is 2.26. The number of carbonyl (C=O) groups excluding carboxylic acids is 1. The van der Waals surface area contributed by atoms with Crippen molar-refractivity contribution in [2.24, 2.45) is 0 Å². The van der Waals surface area contributed by atoms with Crippen LogP contribution in [-0.2, 0) is 0 Å². The Labute approximate surface area is 159 Å². The number of halogens is 1. The minimum absolute atomic E-state index is 0.137. The van der Waals surface area contributed by atoms with Gasteiger partial charge in [-0.05, 0) is 48.9 Å². The molecule has 0 aliphatic carbocycles. The van der Waals surface area contributed by atoms with Gasteiger partial charge in [-0.25, -0.2) is 4.98 Å². The molecule has 0 saturated carbocycles. The van der Waals surface area contributed by atoms with Crippen LogP contribution in [0.4, 0.5) is 5.69 Å². The monoisotopic (exact) mass is 405 g/mol. The first-order valence-electron chi connectivity index (χ1n) is 8.22. The molecule has 1 N–H and O–H groups in total. The lowest BCUT2D eigenvalue weighted by Gasteiger charge is -2.10. The summed E-state index contributed by atoms with van der Waals surface area (Å²) in [6.07, 6.45) is 3.95. The van der Waals surface area contributed by atoms with Crippen molar-refractivity contribution in [2.45, 2.75) is 6.92 Å². The van der Waals surface area contributed by atoms with Crippen molar-refractivity contribution in [3.05, 3.63) is 88.7 Å². The summed E-state index contributed by atoms with van der Waals surface area (Å²) in [6.45, 7) is 1.98. The summed E-state index contributed by atoms with van der Waals surface area (Å²) in [5.74, 6) is -0.137. The lowest BCUT2D eigenvalue weighted by atomic mass is 10.1. The molecule has 2 heterocycles. The molecule has 2 aromatic heterocycles. The molecule has 4 aromatic rings. The molecule has 0 bridgehead atoms. The minimum Gasteiger partial charge on any atom is -0.322 e. The molecule has 0 aliphatic rings. The molecule has 0 fully saturated rings. The molecule has 2 aromatic carbocycles. The van der Waals surface area contributed by atoms with Crippen LogP contribution in [0.1, 0.15) is 15.9 Å². The highest BCUT2D eigenvalue weighted by Gasteiger charge is 2.11. The van der Waals surface area contributed by atoms with Gasteiger partial charge in [0.05, 0.1) is 5.69 Å². The van der Waals surface area contributed by atoms with Gasteiger partial charge in [-0.3, -0.25) is 4.79 Å². The van der Waals surface area contributed by atoms with Crippen LogP contribution in [-0.4, -0.2) is 15.3 Å². The normalized spacial score (nSPS) is 10.8. The number of aromatic nitrogens is 2. The second-order valence-corrected chi connectivity index (χ2v) is 7.00. The SMILES string of the molecule is Cc1ccc(-c2cn3ccccc3n2)cc1NC(=O)c1cccc(Br)c1. The van der Waals surface area contributed by atoms with E-state index in [0.29, 0.717) is 5.56 Å². The van der Waals surface area contributed by atoms with Gasteiger partial charge in [0.15, 0.2) is 0 Å². The summed E-state index contributed by atoms with van der Waals surface area (Å²) < 4.78 is 2.86. The summed E-state index contributed by atoms with van der Waals surface area (Å²) in [5, 5.41) is 3.00. The topological polar surface area (TPSA) is 46.4 Å². The molecule has 0 unspecified atom stereocenters. The van der Waals surface area contributed by atoms with Crippen molar-refractivity contribution in [2.75, 3.05) is 5.32 Å². The standard InChI is InChI=1S/C21H16BrN3O/c1-14-8-9-15(19-13-25-10-3-2-7-20(25)23-19)12-18(14)24-21(26)16-5-4-6-17(22)11-16/h2-13H,1H3,(H,24,26). The number of aryl methyl sites for hydroxylation is 1. The minimum atomic E-state index is -0.137. The quantitative estimate of drug-likeness (QED) is 0.500. The molecule has 0 saturated heterocycles. The molecule has 0 aliphatic heterocycles. The second kappa shape index (κ2) is 6.77. The number of hydrogen-bond acceptors (Lipinski definition) is 2. The number of benzene rings is 2. The number of imidazole rings is 1. The highest BCUT2D eigenvalue weighted by atomic mass is 79.9. The van der Waals surface area contributed by atoms with Crippen LogP contribution in [0.5, 0.6) is 0 Å². The Bertz CT molecular complexity index is 1080. The van der Waals surface area contributed by atoms with Crippen LogP contribution in [0.2, 0.25) is 0 Å². The van der Waals surface area contributed by atoms with Gasteiger partial charge in [0, 0.05) is 33.7 Å². The van der Waals surface area contributed by atoms with E-state index in [4.69, 9.17) is 0 Å². The highest BCUT2D eigenvalue weighted by molar-refractivity contribution is 9.10.